The summed E-state index contributed by atoms with van der Waals surface area (Å²) in [5, 5.41) is 0. The van der Waals surface area contributed by atoms with E-state index in [1.54, 1.807) is 6.08 Å². The first kappa shape index (κ1) is 12.9. The van der Waals surface area contributed by atoms with E-state index >= 15 is 0 Å². The molecule has 4 unspecified atom stereocenters. The number of ether oxygens (including phenoxy) is 1. The van der Waals surface area contributed by atoms with Crippen molar-refractivity contribution in [1.82, 2.24) is 0 Å². The van der Waals surface area contributed by atoms with Crippen LogP contribution in [-0.4, -0.2) is 11.9 Å². The van der Waals surface area contributed by atoms with Gasteiger partial charge in [-0.2, -0.15) is 0 Å². The summed E-state index contributed by atoms with van der Waals surface area (Å²) < 4.78 is 4.78. The minimum absolute atomic E-state index is 0.0318. The minimum Gasteiger partial charge on any atom is -0.393 e. The van der Waals surface area contributed by atoms with Crippen LogP contribution in [0, 0.1) is 23.7 Å². The van der Waals surface area contributed by atoms with Gasteiger partial charge in [0.1, 0.15) is 0 Å². The maximum absolute atomic E-state index is 11.8. The molecule has 1 aromatic rings. The van der Waals surface area contributed by atoms with Gasteiger partial charge >= 0.3 is 11.9 Å². The highest BCUT2D eigenvalue weighted by Gasteiger charge is 2.55. The number of hydrogen-bond acceptors (Lipinski definition) is 3. The van der Waals surface area contributed by atoms with Gasteiger partial charge in [-0.3, -0.25) is 9.59 Å². The molecule has 0 amide bonds. The summed E-state index contributed by atoms with van der Waals surface area (Å²) in [5.74, 6) is -1.38. The van der Waals surface area contributed by atoms with E-state index in [0.29, 0.717) is 0 Å². The number of esters is 2. The lowest BCUT2D eigenvalue weighted by molar-refractivity contribution is -0.154. The highest BCUT2D eigenvalue weighted by Crippen LogP contribution is 2.47. The average Bonchev–Trinajstić information content (AvgIpc) is 2.97. The van der Waals surface area contributed by atoms with E-state index in [1.807, 2.05) is 42.5 Å². The molecule has 0 radical (unpaired) electrons. The molecule has 3 rings (SSSR count). The molecule has 0 bridgehead atoms. The molecular weight excluding hydrogens is 252 g/mol. The highest BCUT2D eigenvalue weighted by molar-refractivity contribution is 5.97. The third-order valence-electron chi connectivity index (χ3n) is 4.24. The smallest absolute Gasteiger partial charge is 0.318 e. The summed E-state index contributed by atoms with van der Waals surface area (Å²) >= 11 is 0. The lowest BCUT2D eigenvalue weighted by Gasteiger charge is -2.08. The Morgan fingerprint density at radius 3 is 2.35 bits per heavy atom. The van der Waals surface area contributed by atoms with Crippen LogP contribution in [0.4, 0.5) is 0 Å². The monoisotopic (exact) mass is 268 g/mol. The first-order chi connectivity index (χ1) is 9.70. The summed E-state index contributed by atoms with van der Waals surface area (Å²) in [6.45, 7) is 3.77. The number of fused-ring (bicyclic) bond motifs is 1. The van der Waals surface area contributed by atoms with Gasteiger partial charge in [0.2, 0.25) is 0 Å². The fourth-order valence-corrected chi connectivity index (χ4v) is 3.26. The molecule has 0 N–H and O–H groups in total. The van der Waals surface area contributed by atoms with E-state index in [2.05, 4.69) is 6.58 Å². The van der Waals surface area contributed by atoms with Crippen molar-refractivity contribution in [3.8, 4) is 0 Å². The normalized spacial score (nSPS) is 32.4. The van der Waals surface area contributed by atoms with Crippen LogP contribution in [0.5, 0.6) is 0 Å². The summed E-state index contributed by atoms with van der Waals surface area (Å²) in [4.78, 5) is 23.6. The van der Waals surface area contributed by atoms with Gasteiger partial charge in [0.15, 0.2) is 0 Å². The van der Waals surface area contributed by atoms with Crippen molar-refractivity contribution in [1.29, 1.82) is 0 Å². The summed E-state index contributed by atoms with van der Waals surface area (Å²) in [7, 11) is 0. The Labute approximate surface area is 117 Å². The second-order valence-corrected chi connectivity index (χ2v) is 5.36. The molecule has 2 fully saturated rings. The van der Waals surface area contributed by atoms with E-state index in [9.17, 15) is 9.59 Å². The Kier molecular flexibility index (Phi) is 3.26. The van der Waals surface area contributed by atoms with Gasteiger partial charge in [-0.05, 0) is 23.8 Å². The van der Waals surface area contributed by atoms with Gasteiger partial charge in [-0.15, -0.1) is 6.58 Å². The lowest BCUT2D eigenvalue weighted by atomic mass is 9.89. The molecule has 1 saturated carbocycles. The van der Waals surface area contributed by atoms with E-state index in [1.165, 1.54) is 0 Å². The standard InChI is InChI=1S/C17H16O3/c1-2-12-10-13(9-8-11-6-4-3-5-7-11)15-14(12)16(18)20-17(15)19/h2-9,12-15H,1,10H2. The van der Waals surface area contributed by atoms with Gasteiger partial charge in [-0.1, -0.05) is 48.6 Å². The fourth-order valence-electron chi connectivity index (χ4n) is 3.26. The second kappa shape index (κ2) is 5.08. The predicted octanol–water partition coefficient (Wildman–Crippen LogP) is 2.84. The van der Waals surface area contributed by atoms with Crippen LogP contribution in [0.1, 0.15) is 12.0 Å². The second-order valence-electron chi connectivity index (χ2n) is 5.36. The van der Waals surface area contributed by atoms with Crippen LogP contribution < -0.4 is 0 Å². The molecular formula is C17H16O3. The summed E-state index contributed by atoms with van der Waals surface area (Å²) in [6, 6.07) is 9.91. The Hall–Kier alpha value is -2.16. The third kappa shape index (κ3) is 2.09. The zero-order valence-corrected chi connectivity index (χ0v) is 11.1. The molecule has 1 heterocycles. The van der Waals surface area contributed by atoms with E-state index in [-0.39, 0.29) is 35.6 Å². The van der Waals surface area contributed by atoms with Crippen LogP contribution in [0.2, 0.25) is 0 Å². The zero-order chi connectivity index (χ0) is 14.1. The number of cyclic esters (lactones) is 2. The minimum atomic E-state index is -0.388. The van der Waals surface area contributed by atoms with E-state index in [4.69, 9.17) is 4.74 Å². The van der Waals surface area contributed by atoms with Crippen LogP contribution in [0.3, 0.4) is 0 Å². The molecule has 2 aliphatic rings. The molecule has 102 valence electrons. The Bertz CT molecular complexity index is 573. The van der Waals surface area contributed by atoms with Gasteiger partial charge < -0.3 is 4.74 Å². The Morgan fingerprint density at radius 2 is 1.70 bits per heavy atom. The largest absolute Gasteiger partial charge is 0.393 e. The number of carbonyl (C=O) groups excluding carboxylic acids is 2. The quantitative estimate of drug-likeness (QED) is 0.481. The van der Waals surface area contributed by atoms with Gasteiger partial charge in [0.05, 0.1) is 11.8 Å². The molecule has 1 aliphatic carbocycles. The molecule has 0 aromatic heterocycles. The molecule has 3 nitrogen and oxygen atoms in total. The molecule has 1 aromatic carbocycles. The van der Waals surface area contributed by atoms with Crippen molar-refractivity contribution < 1.29 is 14.3 Å². The average molecular weight is 268 g/mol. The van der Waals surface area contributed by atoms with Crippen LogP contribution in [0.25, 0.3) is 6.08 Å². The van der Waals surface area contributed by atoms with Crippen LogP contribution in [0.15, 0.2) is 49.1 Å². The first-order valence-corrected chi connectivity index (χ1v) is 6.82. The van der Waals surface area contributed by atoms with Crippen molar-refractivity contribution in [2.75, 3.05) is 0 Å². The number of rotatable bonds is 3. The molecule has 0 spiro atoms. The number of benzene rings is 1. The zero-order valence-electron chi connectivity index (χ0n) is 11.1. The van der Waals surface area contributed by atoms with Crippen molar-refractivity contribution in [2.45, 2.75) is 6.42 Å². The van der Waals surface area contributed by atoms with Crippen LogP contribution >= 0.6 is 0 Å². The van der Waals surface area contributed by atoms with E-state index < -0.39 is 0 Å². The van der Waals surface area contributed by atoms with Gasteiger partial charge in [0.25, 0.3) is 0 Å². The summed E-state index contributed by atoms with van der Waals surface area (Å²) in [5.41, 5.74) is 1.09. The Morgan fingerprint density at radius 1 is 1.05 bits per heavy atom. The molecule has 4 atom stereocenters. The summed E-state index contributed by atoms with van der Waals surface area (Å²) in [6.07, 6.45) is 6.58. The van der Waals surface area contributed by atoms with Crippen LogP contribution in [-0.2, 0) is 14.3 Å². The first-order valence-electron chi connectivity index (χ1n) is 6.82. The van der Waals surface area contributed by atoms with Gasteiger partial charge in [-0.25, -0.2) is 0 Å². The Balaban J connectivity index is 1.84. The molecule has 1 saturated heterocycles. The number of hydrogen-bond donors (Lipinski definition) is 0. The van der Waals surface area contributed by atoms with Gasteiger partial charge in [0, 0.05) is 0 Å². The maximum atomic E-state index is 11.8. The fraction of sp³-hybridized carbons (Fsp3) is 0.294. The highest BCUT2D eigenvalue weighted by atomic mass is 16.6. The SMILES string of the molecule is C=CC1CC(C=Cc2ccccc2)C2C(=O)OC(=O)C12. The van der Waals surface area contributed by atoms with Crippen molar-refractivity contribution in [2.24, 2.45) is 23.7 Å². The number of allylic oxidation sites excluding steroid dienone is 2. The topological polar surface area (TPSA) is 43.4 Å². The van der Waals surface area contributed by atoms with E-state index in [0.717, 1.165) is 12.0 Å². The number of carbonyl (C=O) groups is 2. The van der Waals surface area contributed by atoms with Crippen molar-refractivity contribution in [3.63, 3.8) is 0 Å². The maximum Gasteiger partial charge on any atom is 0.318 e. The van der Waals surface area contributed by atoms with Crippen molar-refractivity contribution in [3.05, 3.63) is 54.6 Å². The lowest BCUT2D eigenvalue weighted by Crippen LogP contribution is -2.19. The molecule has 1 aliphatic heterocycles. The molecule has 3 heteroatoms. The van der Waals surface area contributed by atoms with Crippen molar-refractivity contribution >= 4 is 18.0 Å². The molecule has 20 heavy (non-hydrogen) atoms. The predicted molar refractivity (Wildman–Crippen MR) is 75.3 cm³/mol. The third-order valence-corrected chi connectivity index (χ3v) is 4.24.